The molecule has 0 aliphatic heterocycles. The first kappa shape index (κ1) is 16.0. The second kappa shape index (κ2) is 7.54. The predicted molar refractivity (Wildman–Crippen MR) is 81.1 cm³/mol. The molecule has 0 unspecified atom stereocenters. The summed E-state index contributed by atoms with van der Waals surface area (Å²) in [4.78, 5) is 0. The topological polar surface area (TPSA) is 18.5 Å². The van der Waals surface area contributed by atoms with Crippen LogP contribution in [0.15, 0.2) is 18.2 Å². The molecule has 2 nitrogen and oxygen atoms in total. The van der Waals surface area contributed by atoms with Crippen LogP contribution < -0.4 is 4.74 Å². The predicted octanol–water partition coefficient (Wildman–Crippen LogP) is 4.49. The Hall–Kier alpha value is -1.02. The zero-order valence-electron chi connectivity index (χ0n) is 13.1. The van der Waals surface area contributed by atoms with Crippen molar-refractivity contribution < 1.29 is 9.47 Å². The van der Waals surface area contributed by atoms with Crippen molar-refractivity contribution in [2.24, 2.45) is 0 Å². The highest BCUT2D eigenvalue weighted by atomic mass is 16.5. The second-order valence-electron chi connectivity index (χ2n) is 6.13. The van der Waals surface area contributed by atoms with Crippen LogP contribution in [-0.4, -0.2) is 20.3 Å². The molecule has 0 aromatic heterocycles. The first-order valence-electron chi connectivity index (χ1n) is 7.18. The maximum absolute atomic E-state index is 5.84. The summed E-state index contributed by atoms with van der Waals surface area (Å²) >= 11 is 0. The number of aryl methyl sites for hydroxylation is 1. The number of methoxy groups -OCH3 is 1. The first-order chi connectivity index (χ1) is 8.95. The van der Waals surface area contributed by atoms with E-state index in [2.05, 4.69) is 45.9 Å². The summed E-state index contributed by atoms with van der Waals surface area (Å²) in [5, 5.41) is 0. The minimum Gasteiger partial charge on any atom is -0.493 e. The highest BCUT2D eigenvalue weighted by molar-refractivity contribution is 5.38. The van der Waals surface area contributed by atoms with Crippen molar-refractivity contribution in [3.05, 3.63) is 29.3 Å². The van der Waals surface area contributed by atoms with Gasteiger partial charge in [-0.1, -0.05) is 32.9 Å². The molecule has 0 saturated carbocycles. The Morgan fingerprint density at radius 2 is 1.68 bits per heavy atom. The Bertz CT molecular complexity index is 377. The van der Waals surface area contributed by atoms with E-state index in [-0.39, 0.29) is 5.41 Å². The fourth-order valence-electron chi connectivity index (χ4n) is 1.99. The third kappa shape index (κ3) is 5.65. The average molecular weight is 264 g/mol. The van der Waals surface area contributed by atoms with Crippen LogP contribution in [0.3, 0.4) is 0 Å². The van der Waals surface area contributed by atoms with Crippen molar-refractivity contribution in [1.29, 1.82) is 0 Å². The molecule has 0 saturated heterocycles. The molecular formula is C17H28O2. The van der Waals surface area contributed by atoms with Gasteiger partial charge in [-0.2, -0.15) is 0 Å². The van der Waals surface area contributed by atoms with Crippen LogP contribution >= 0.6 is 0 Å². The molecular weight excluding hydrogens is 236 g/mol. The molecule has 0 N–H and O–H groups in total. The molecule has 108 valence electrons. The Kier molecular flexibility index (Phi) is 6.36. The minimum atomic E-state index is 0.198. The van der Waals surface area contributed by atoms with E-state index in [0.29, 0.717) is 0 Å². The first-order valence-corrected chi connectivity index (χ1v) is 7.18. The van der Waals surface area contributed by atoms with Gasteiger partial charge < -0.3 is 9.47 Å². The largest absolute Gasteiger partial charge is 0.493 e. The second-order valence-corrected chi connectivity index (χ2v) is 6.13. The standard InChI is InChI=1S/C17H28O2/c1-14-13-15(17(2,3)4)9-10-16(14)19-12-8-6-7-11-18-5/h9-10,13H,6-8,11-12H2,1-5H3. The monoisotopic (exact) mass is 264 g/mol. The third-order valence-corrected chi connectivity index (χ3v) is 3.29. The molecule has 1 aromatic carbocycles. The lowest BCUT2D eigenvalue weighted by Gasteiger charge is -2.20. The molecule has 0 aliphatic carbocycles. The van der Waals surface area contributed by atoms with Crippen molar-refractivity contribution in [1.82, 2.24) is 0 Å². The van der Waals surface area contributed by atoms with Gasteiger partial charge in [0, 0.05) is 13.7 Å². The lowest BCUT2D eigenvalue weighted by molar-refractivity contribution is 0.189. The Morgan fingerprint density at radius 1 is 1.00 bits per heavy atom. The van der Waals surface area contributed by atoms with E-state index in [9.17, 15) is 0 Å². The fraction of sp³-hybridized carbons (Fsp3) is 0.647. The molecule has 19 heavy (non-hydrogen) atoms. The Labute approximate surface area is 118 Å². The quantitative estimate of drug-likeness (QED) is 0.676. The van der Waals surface area contributed by atoms with Crippen LogP contribution in [0.4, 0.5) is 0 Å². The summed E-state index contributed by atoms with van der Waals surface area (Å²) in [6.07, 6.45) is 3.36. The van der Waals surface area contributed by atoms with Crippen LogP contribution in [-0.2, 0) is 10.2 Å². The van der Waals surface area contributed by atoms with Gasteiger partial charge in [0.15, 0.2) is 0 Å². The summed E-state index contributed by atoms with van der Waals surface area (Å²) in [7, 11) is 1.75. The molecule has 0 bridgehead atoms. The van der Waals surface area contributed by atoms with Crippen LogP contribution in [0.2, 0.25) is 0 Å². The van der Waals surface area contributed by atoms with E-state index >= 15 is 0 Å². The zero-order valence-corrected chi connectivity index (χ0v) is 13.1. The summed E-state index contributed by atoms with van der Waals surface area (Å²) in [5.74, 6) is 1.01. The van der Waals surface area contributed by atoms with E-state index in [0.717, 1.165) is 38.2 Å². The van der Waals surface area contributed by atoms with Gasteiger partial charge in [-0.05, 0) is 48.8 Å². The summed E-state index contributed by atoms with van der Waals surface area (Å²) in [6.45, 7) is 10.5. The molecule has 0 aliphatic rings. The molecule has 0 heterocycles. The van der Waals surface area contributed by atoms with Crippen molar-refractivity contribution in [2.45, 2.75) is 52.4 Å². The molecule has 2 heteroatoms. The smallest absolute Gasteiger partial charge is 0.122 e. The average Bonchev–Trinajstić information content (AvgIpc) is 2.34. The van der Waals surface area contributed by atoms with E-state index in [1.54, 1.807) is 7.11 Å². The van der Waals surface area contributed by atoms with Gasteiger partial charge in [-0.25, -0.2) is 0 Å². The van der Waals surface area contributed by atoms with Gasteiger partial charge in [0.25, 0.3) is 0 Å². The molecule has 0 spiro atoms. The Balaban J connectivity index is 2.43. The summed E-state index contributed by atoms with van der Waals surface area (Å²) in [6, 6.07) is 6.51. The maximum Gasteiger partial charge on any atom is 0.122 e. The van der Waals surface area contributed by atoms with Gasteiger partial charge in [0.1, 0.15) is 5.75 Å². The summed E-state index contributed by atoms with van der Waals surface area (Å²) in [5.41, 5.74) is 2.78. The van der Waals surface area contributed by atoms with Gasteiger partial charge in [0.2, 0.25) is 0 Å². The SMILES string of the molecule is COCCCCCOc1ccc(C(C)(C)C)cc1C. The lowest BCUT2D eigenvalue weighted by Crippen LogP contribution is -2.11. The lowest BCUT2D eigenvalue weighted by atomic mass is 9.86. The van der Waals surface area contributed by atoms with Crippen molar-refractivity contribution >= 4 is 0 Å². The molecule has 1 aromatic rings. The molecule has 0 amide bonds. The number of unbranched alkanes of at least 4 members (excludes halogenated alkanes) is 2. The van der Waals surface area contributed by atoms with Crippen molar-refractivity contribution in [3.8, 4) is 5.75 Å². The van der Waals surface area contributed by atoms with E-state index in [4.69, 9.17) is 9.47 Å². The van der Waals surface area contributed by atoms with Crippen LogP contribution in [0.25, 0.3) is 0 Å². The normalized spacial score (nSPS) is 11.6. The molecule has 0 fully saturated rings. The highest BCUT2D eigenvalue weighted by Gasteiger charge is 2.14. The number of rotatable bonds is 7. The molecule has 0 radical (unpaired) electrons. The van der Waals surface area contributed by atoms with E-state index in [1.165, 1.54) is 11.1 Å². The number of hydrogen-bond donors (Lipinski definition) is 0. The van der Waals surface area contributed by atoms with Gasteiger partial charge in [-0.3, -0.25) is 0 Å². The van der Waals surface area contributed by atoms with Crippen molar-refractivity contribution in [3.63, 3.8) is 0 Å². The number of benzene rings is 1. The van der Waals surface area contributed by atoms with Gasteiger partial charge >= 0.3 is 0 Å². The zero-order chi connectivity index (χ0) is 14.3. The van der Waals surface area contributed by atoms with Crippen LogP contribution in [0.5, 0.6) is 5.75 Å². The van der Waals surface area contributed by atoms with Crippen molar-refractivity contribution in [2.75, 3.05) is 20.3 Å². The van der Waals surface area contributed by atoms with Crippen LogP contribution in [0.1, 0.15) is 51.2 Å². The number of ether oxygens (including phenoxy) is 2. The fourth-order valence-corrected chi connectivity index (χ4v) is 1.99. The third-order valence-electron chi connectivity index (χ3n) is 3.29. The maximum atomic E-state index is 5.84. The Morgan fingerprint density at radius 3 is 2.26 bits per heavy atom. The van der Waals surface area contributed by atoms with Gasteiger partial charge in [0.05, 0.1) is 6.61 Å². The van der Waals surface area contributed by atoms with Gasteiger partial charge in [-0.15, -0.1) is 0 Å². The van der Waals surface area contributed by atoms with E-state index in [1.807, 2.05) is 0 Å². The minimum absolute atomic E-state index is 0.198. The molecule has 1 rings (SSSR count). The van der Waals surface area contributed by atoms with E-state index < -0.39 is 0 Å². The summed E-state index contributed by atoms with van der Waals surface area (Å²) < 4.78 is 10.9. The van der Waals surface area contributed by atoms with Crippen LogP contribution in [0, 0.1) is 6.92 Å². The highest BCUT2D eigenvalue weighted by Crippen LogP contribution is 2.27. The number of hydrogen-bond acceptors (Lipinski definition) is 2. The molecule has 0 atom stereocenters.